The van der Waals surface area contributed by atoms with Crippen LogP contribution in [0.25, 0.3) is 5.76 Å². The third kappa shape index (κ3) is 7.04. The molecule has 11 heteroatoms. The second-order valence-electron chi connectivity index (χ2n) is 9.66. The summed E-state index contributed by atoms with van der Waals surface area (Å²) >= 11 is 8.67. The van der Waals surface area contributed by atoms with Crippen LogP contribution >= 0.6 is 34.7 Å². The van der Waals surface area contributed by atoms with Crippen LogP contribution in [0.4, 0.5) is 5.13 Å². The number of Topliss-reactive ketones (excluding diaryl/α,β-unsaturated/α-hetero) is 1. The molecule has 8 nitrogen and oxygen atoms in total. The third-order valence-electron chi connectivity index (χ3n) is 6.72. The van der Waals surface area contributed by atoms with E-state index in [0.29, 0.717) is 51.0 Å². The van der Waals surface area contributed by atoms with Crippen molar-refractivity contribution in [2.24, 2.45) is 0 Å². The van der Waals surface area contributed by atoms with E-state index in [1.54, 1.807) is 48.5 Å². The van der Waals surface area contributed by atoms with E-state index in [9.17, 15) is 14.7 Å². The lowest BCUT2D eigenvalue weighted by molar-refractivity contribution is -0.132. The molecule has 3 aromatic carbocycles. The van der Waals surface area contributed by atoms with Gasteiger partial charge in [0.2, 0.25) is 5.13 Å². The van der Waals surface area contributed by atoms with Crippen LogP contribution < -0.4 is 14.4 Å². The molecule has 4 aromatic rings. The molecule has 0 saturated carbocycles. The van der Waals surface area contributed by atoms with Crippen molar-refractivity contribution < 1.29 is 24.2 Å². The molecular formula is C32H30ClN3O5S2. The van der Waals surface area contributed by atoms with Gasteiger partial charge < -0.3 is 14.6 Å². The molecule has 0 spiro atoms. The molecule has 1 unspecified atom stereocenters. The average molecular weight is 636 g/mol. The molecule has 0 aliphatic carbocycles. The maximum atomic E-state index is 13.5. The molecule has 1 N–H and O–H groups in total. The number of benzene rings is 3. The number of aliphatic hydroxyl groups excluding tert-OH is 1. The average Bonchev–Trinajstić information content (AvgIpc) is 3.59. The number of ether oxygens (including phenoxy) is 2. The number of carbonyl (C=O) groups is 2. The number of aliphatic hydroxyl groups is 1. The minimum Gasteiger partial charge on any atom is -0.507 e. The lowest BCUT2D eigenvalue weighted by atomic mass is 9.95. The zero-order valence-corrected chi connectivity index (χ0v) is 26.0. The van der Waals surface area contributed by atoms with Crippen molar-refractivity contribution in [1.29, 1.82) is 0 Å². The van der Waals surface area contributed by atoms with Crippen molar-refractivity contribution >= 4 is 57.3 Å². The predicted octanol–water partition coefficient (Wildman–Crippen LogP) is 7.69. The normalized spacial score (nSPS) is 16.1. The molecule has 1 atom stereocenters. The maximum Gasteiger partial charge on any atom is 0.301 e. The number of halogens is 1. The summed E-state index contributed by atoms with van der Waals surface area (Å²) in [5.41, 5.74) is 2.05. The second-order valence-corrected chi connectivity index (χ2v) is 12.3. The minimum absolute atomic E-state index is 0.0284. The fourth-order valence-corrected chi connectivity index (χ4v) is 6.49. The molecule has 5 rings (SSSR count). The van der Waals surface area contributed by atoms with E-state index in [-0.39, 0.29) is 16.5 Å². The van der Waals surface area contributed by atoms with Gasteiger partial charge in [-0.05, 0) is 73.0 Å². The Labute approximate surface area is 263 Å². The van der Waals surface area contributed by atoms with Crippen LogP contribution in [0.2, 0.25) is 5.02 Å². The van der Waals surface area contributed by atoms with Gasteiger partial charge in [-0.3, -0.25) is 14.5 Å². The van der Waals surface area contributed by atoms with Crippen molar-refractivity contribution in [3.8, 4) is 11.5 Å². The maximum absolute atomic E-state index is 13.5. The summed E-state index contributed by atoms with van der Waals surface area (Å²) in [6.45, 7) is 5.06. The molecule has 0 radical (unpaired) electrons. The van der Waals surface area contributed by atoms with E-state index >= 15 is 0 Å². The molecular weight excluding hydrogens is 606 g/mol. The SMILES string of the molecule is CCCCOc1ccc(/C(O)=C2/C(=O)C(=O)N(c3nnc(SCc4ccc(Cl)cc4)s3)C2c2ccc(OCC)cc2)cc1. The number of ketones is 1. The van der Waals surface area contributed by atoms with Crippen molar-refractivity contribution in [1.82, 2.24) is 10.2 Å². The second kappa shape index (κ2) is 14.1. The Morgan fingerprint density at radius 1 is 0.953 bits per heavy atom. The van der Waals surface area contributed by atoms with Gasteiger partial charge >= 0.3 is 5.91 Å². The first-order valence-electron chi connectivity index (χ1n) is 13.9. The van der Waals surface area contributed by atoms with Gasteiger partial charge in [-0.1, -0.05) is 72.3 Å². The van der Waals surface area contributed by atoms with Crippen molar-refractivity contribution in [2.45, 2.75) is 42.8 Å². The van der Waals surface area contributed by atoms with E-state index in [0.717, 1.165) is 18.4 Å². The summed E-state index contributed by atoms with van der Waals surface area (Å²) in [6, 6.07) is 20.5. The van der Waals surface area contributed by atoms with Gasteiger partial charge in [-0.15, -0.1) is 10.2 Å². The highest BCUT2D eigenvalue weighted by atomic mass is 35.5. The Hall–Kier alpha value is -3.86. The van der Waals surface area contributed by atoms with Crippen LogP contribution in [0.15, 0.2) is 82.7 Å². The number of thioether (sulfide) groups is 1. The largest absolute Gasteiger partial charge is 0.507 e. The standard InChI is InChI=1S/C32H30ClN3O5S2/c1-3-5-18-41-25-16-10-22(11-17-25)28(37)26-27(21-8-14-24(15-9-21)40-4-2)36(30(39)29(26)38)31-34-35-32(43-31)42-19-20-6-12-23(33)13-7-20/h6-17,27,37H,3-5,18-19H2,1-2H3/b28-26-. The number of anilines is 1. The van der Waals surface area contributed by atoms with Gasteiger partial charge in [-0.25, -0.2) is 0 Å². The molecule has 43 heavy (non-hydrogen) atoms. The van der Waals surface area contributed by atoms with Gasteiger partial charge in [0.1, 0.15) is 17.3 Å². The number of rotatable bonds is 12. The molecule has 1 aliphatic rings. The van der Waals surface area contributed by atoms with Crippen LogP contribution in [-0.2, 0) is 15.3 Å². The number of nitrogens with zero attached hydrogens (tertiary/aromatic N) is 3. The number of hydrogen-bond donors (Lipinski definition) is 1. The zero-order chi connectivity index (χ0) is 30.3. The quantitative estimate of drug-likeness (QED) is 0.0422. The Morgan fingerprint density at radius 3 is 2.30 bits per heavy atom. The van der Waals surface area contributed by atoms with E-state index in [1.165, 1.54) is 28.0 Å². The Kier molecular flexibility index (Phi) is 10.0. The first-order chi connectivity index (χ1) is 20.9. The molecule has 1 aromatic heterocycles. The molecule has 1 aliphatic heterocycles. The first-order valence-corrected chi connectivity index (χ1v) is 16.0. The van der Waals surface area contributed by atoms with Crippen LogP contribution in [-0.4, -0.2) is 40.2 Å². The molecule has 222 valence electrons. The highest BCUT2D eigenvalue weighted by Gasteiger charge is 2.48. The van der Waals surface area contributed by atoms with Gasteiger partial charge in [0.25, 0.3) is 5.78 Å². The summed E-state index contributed by atoms with van der Waals surface area (Å²) in [5, 5.41) is 20.9. The van der Waals surface area contributed by atoms with Crippen LogP contribution in [0.5, 0.6) is 11.5 Å². The summed E-state index contributed by atoms with van der Waals surface area (Å²) < 4.78 is 12.0. The van der Waals surface area contributed by atoms with E-state index in [4.69, 9.17) is 21.1 Å². The fourth-order valence-electron chi connectivity index (χ4n) is 4.54. The minimum atomic E-state index is -0.918. The lowest BCUT2D eigenvalue weighted by Crippen LogP contribution is -2.29. The van der Waals surface area contributed by atoms with Crippen molar-refractivity contribution in [3.05, 3.63) is 100 Å². The molecule has 2 heterocycles. The summed E-state index contributed by atoms with van der Waals surface area (Å²) in [5.74, 6) is 0.0763. The van der Waals surface area contributed by atoms with Crippen LogP contribution in [0.1, 0.15) is 49.4 Å². The van der Waals surface area contributed by atoms with Crippen LogP contribution in [0.3, 0.4) is 0 Å². The number of hydrogen-bond acceptors (Lipinski definition) is 9. The fraction of sp³-hybridized carbons (Fsp3) is 0.250. The van der Waals surface area contributed by atoms with Gasteiger partial charge in [0.15, 0.2) is 4.34 Å². The highest BCUT2D eigenvalue weighted by Crippen LogP contribution is 2.44. The summed E-state index contributed by atoms with van der Waals surface area (Å²) in [4.78, 5) is 28.4. The number of amides is 1. The molecule has 1 saturated heterocycles. The predicted molar refractivity (Wildman–Crippen MR) is 170 cm³/mol. The van der Waals surface area contributed by atoms with E-state index in [1.807, 2.05) is 31.2 Å². The van der Waals surface area contributed by atoms with Gasteiger partial charge in [-0.2, -0.15) is 0 Å². The first kappa shape index (κ1) is 30.6. The molecule has 0 bridgehead atoms. The Bertz CT molecular complexity index is 1610. The summed E-state index contributed by atoms with van der Waals surface area (Å²) in [6.07, 6.45) is 1.95. The Balaban J connectivity index is 1.48. The highest BCUT2D eigenvalue weighted by molar-refractivity contribution is 8.00. The van der Waals surface area contributed by atoms with Crippen molar-refractivity contribution in [3.63, 3.8) is 0 Å². The third-order valence-corrected chi connectivity index (χ3v) is 9.10. The van der Waals surface area contributed by atoms with Gasteiger partial charge in [0, 0.05) is 16.3 Å². The number of carbonyl (C=O) groups excluding carboxylic acids is 2. The summed E-state index contributed by atoms with van der Waals surface area (Å²) in [7, 11) is 0. The number of unbranched alkanes of at least 4 members (excludes halogenated alkanes) is 1. The molecule has 1 amide bonds. The van der Waals surface area contributed by atoms with E-state index in [2.05, 4.69) is 17.1 Å². The smallest absolute Gasteiger partial charge is 0.301 e. The van der Waals surface area contributed by atoms with Crippen LogP contribution in [0, 0.1) is 0 Å². The van der Waals surface area contributed by atoms with Crippen molar-refractivity contribution in [2.75, 3.05) is 18.1 Å². The zero-order valence-electron chi connectivity index (χ0n) is 23.7. The number of aromatic nitrogens is 2. The van der Waals surface area contributed by atoms with E-state index < -0.39 is 17.7 Å². The Morgan fingerprint density at radius 2 is 1.63 bits per heavy atom. The topological polar surface area (TPSA) is 102 Å². The van der Waals surface area contributed by atoms with Gasteiger partial charge in [0.05, 0.1) is 24.8 Å². The monoisotopic (exact) mass is 635 g/mol. The molecule has 1 fully saturated rings. The lowest BCUT2D eigenvalue weighted by Gasteiger charge is -2.22.